The third-order valence-corrected chi connectivity index (χ3v) is 5.25. The van der Waals surface area contributed by atoms with Crippen LogP contribution >= 0.6 is 15.9 Å². The van der Waals surface area contributed by atoms with Crippen molar-refractivity contribution < 1.29 is 0 Å². The number of nitrogens with zero attached hydrogens (tertiary/aromatic N) is 1. The van der Waals surface area contributed by atoms with E-state index in [9.17, 15) is 0 Å². The third kappa shape index (κ3) is 4.46. The second-order valence-electron chi connectivity index (χ2n) is 7.29. The first-order valence-corrected chi connectivity index (χ1v) is 8.94. The van der Waals surface area contributed by atoms with E-state index >= 15 is 0 Å². The second kappa shape index (κ2) is 7.15. The number of halogens is 1. The van der Waals surface area contributed by atoms with Gasteiger partial charge in [0.15, 0.2) is 0 Å². The van der Waals surface area contributed by atoms with Crippen molar-refractivity contribution in [1.82, 2.24) is 0 Å². The van der Waals surface area contributed by atoms with Crippen LogP contribution in [-0.2, 0) is 6.42 Å². The molecule has 1 aromatic carbocycles. The van der Waals surface area contributed by atoms with Crippen LogP contribution in [-0.4, -0.2) is 19.6 Å². The number of nitrogens with two attached hydrogens (primary N) is 1. The topological polar surface area (TPSA) is 29.3 Å². The maximum Gasteiger partial charge on any atom is 0.0410 e. The van der Waals surface area contributed by atoms with Crippen LogP contribution in [0.4, 0.5) is 5.69 Å². The van der Waals surface area contributed by atoms with Crippen LogP contribution in [0.15, 0.2) is 22.7 Å². The predicted molar refractivity (Wildman–Crippen MR) is 95.9 cm³/mol. The average Bonchev–Trinajstić information content (AvgIpc) is 2.66. The van der Waals surface area contributed by atoms with Gasteiger partial charge in [0.1, 0.15) is 0 Å². The molecule has 1 aliphatic rings. The Labute approximate surface area is 138 Å². The molecule has 0 amide bonds. The molecular weight excluding hydrogens is 324 g/mol. The Hall–Kier alpha value is -0.540. The van der Waals surface area contributed by atoms with Gasteiger partial charge in [0.2, 0.25) is 0 Å². The number of rotatable bonds is 3. The molecule has 0 aromatic heterocycles. The van der Waals surface area contributed by atoms with Gasteiger partial charge < -0.3 is 10.6 Å². The highest BCUT2D eigenvalue weighted by atomic mass is 79.9. The number of hydrogen-bond donors (Lipinski definition) is 1. The highest BCUT2D eigenvalue weighted by molar-refractivity contribution is 9.10. The Morgan fingerprint density at radius 1 is 1.24 bits per heavy atom. The Bertz CT molecular complexity index is 465. The normalized spacial score (nSPS) is 20.4. The predicted octanol–water partition coefficient (Wildman–Crippen LogP) is 4.60. The fourth-order valence-electron chi connectivity index (χ4n) is 3.40. The van der Waals surface area contributed by atoms with Crippen LogP contribution in [0, 0.1) is 11.3 Å². The van der Waals surface area contributed by atoms with Crippen molar-refractivity contribution in [1.29, 1.82) is 0 Å². The van der Waals surface area contributed by atoms with Crippen molar-refractivity contribution in [2.75, 3.05) is 24.5 Å². The number of anilines is 1. The summed E-state index contributed by atoms with van der Waals surface area (Å²) in [7, 11) is 0. The summed E-state index contributed by atoms with van der Waals surface area (Å²) in [5.41, 5.74) is 8.96. The Morgan fingerprint density at radius 2 is 2.00 bits per heavy atom. The maximum atomic E-state index is 5.78. The van der Waals surface area contributed by atoms with Gasteiger partial charge in [-0.25, -0.2) is 0 Å². The minimum atomic E-state index is 0.424. The van der Waals surface area contributed by atoms with Gasteiger partial charge in [0, 0.05) is 23.2 Å². The van der Waals surface area contributed by atoms with Gasteiger partial charge in [-0.3, -0.25) is 0 Å². The molecule has 3 heteroatoms. The molecule has 118 valence electrons. The minimum Gasteiger partial charge on any atom is -0.371 e. The van der Waals surface area contributed by atoms with E-state index in [0.717, 1.165) is 23.4 Å². The molecule has 1 atom stereocenters. The number of benzene rings is 1. The third-order valence-electron chi connectivity index (χ3n) is 4.75. The maximum absolute atomic E-state index is 5.78. The summed E-state index contributed by atoms with van der Waals surface area (Å²) in [4.78, 5) is 2.57. The van der Waals surface area contributed by atoms with Crippen LogP contribution in [0.2, 0.25) is 0 Å². The van der Waals surface area contributed by atoms with Crippen LogP contribution in [0.1, 0.15) is 45.6 Å². The van der Waals surface area contributed by atoms with E-state index in [-0.39, 0.29) is 0 Å². The molecule has 2 rings (SSSR count). The van der Waals surface area contributed by atoms with Crippen molar-refractivity contribution in [3.63, 3.8) is 0 Å². The molecule has 1 unspecified atom stereocenters. The van der Waals surface area contributed by atoms with Crippen molar-refractivity contribution in [2.24, 2.45) is 17.1 Å². The first-order valence-electron chi connectivity index (χ1n) is 8.15. The monoisotopic (exact) mass is 352 g/mol. The Morgan fingerprint density at radius 3 is 2.67 bits per heavy atom. The fourth-order valence-corrected chi connectivity index (χ4v) is 3.75. The molecule has 1 saturated heterocycles. The molecule has 21 heavy (non-hydrogen) atoms. The Kier molecular flexibility index (Phi) is 5.73. The largest absolute Gasteiger partial charge is 0.371 e. The summed E-state index contributed by atoms with van der Waals surface area (Å²) >= 11 is 3.62. The summed E-state index contributed by atoms with van der Waals surface area (Å²) in [6, 6.07) is 6.62. The molecule has 0 saturated carbocycles. The molecule has 0 spiro atoms. The zero-order valence-corrected chi connectivity index (χ0v) is 15.2. The molecular formula is C18H29BrN2. The van der Waals surface area contributed by atoms with E-state index < -0.39 is 0 Å². The van der Waals surface area contributed by atoms with Crippen LogP contribution in [0.5, 0.6) is 0 Å². The summed E-state index contributed by atoms with van der Waals surface area (Å²) < 4.78 is 1.16. The molecule has 2 nitrogen and oxygen atoms in total. The van der Waals surface area contributed by atoms with E-state index in [1.54, 1.807) is 0 Å². The first kappa shape index (κ1) is 16.8. The molecule has 0 aliphatic carbocycles. The fraction of sp³-hybridized carbons (Fsp3) is 0.667. The van der Waals surface area contributed by atoms with Crippen molar-refractivity contribution in [3.05, 3.63) is 28.2 Å². The standard InChI is InChI=1S/C18H29BrN2/c1-18(2,3)15-5-4-11-21(12-9-15)17-13-16(19)7-6-14(17)8-10-20/h6-7,13,15H,4-5,8-12,20H2,1-3H3. The van der Waals surface area contributed by atoms with Crippen LogP contribution in [0.3, 0.4) is 0 Å². The van der Waals surface area contributed by atoms with Crippen molar-refractivity contribution >= 4 is 21.6 Å². The lowest BCUT2D eigenvalue weighted by Gasteiger charge is -2.30. The Balaban J connectivity index is 2.17. The van der Waals surface area contributed by atoms with Gasteiger partial charge in [-0.15, -0.1) is 0 Å². The van der Waals surface area contributed by atoms with Crippen LogP contribution < -0.4 is 10.6 Å². The van der Waals surface area contributed by atoms with E-state index in [1.807, 2.05) is 0 Å². The van der Waals surface area contributed by atoms with Gasteiger partial charge in [-0.2, -0.15) is 0 Å². The smallest absolute Gasteiger partial charge is 0.0410 e. The van der Waals surface area contributed by atoms with Crippen LogP contribution in [0.25, 0.3) is 0 Å². The van der Waals surface area contributed by atoms with E-state index in [2.05, 4.69) is 59.8 Å². The lowest BCUT2D eigenvalue weighted by molar-refractivity contribution is 0.220. The first-order chi connectivity index (χ1) is 9.91. The molecule has 1 aliphatic heterocycles. The van der Waals surface area contributed by atoms with Gasteiger partial charge in [0.25, 0.3) is 0 Å². The summed E-state index contributed by atoms with van der Waals surface area (Å²) in [6.45, 7) is 10.2. The molecule has 2 N–H and O–H groups in total. The lowest BCUT2D eigenvalue weighted by Crippen LogP contribution is -2.27. The minimum absolute atomic E-state index is 0.424. The number of hydrogen-bond acceptors (Lipinski definition) is 2. The quantitative estimate of drug-likeness (QED) is 0.860. The van der Waals surface area contributed by atoms with Gasteiger partial charge in [-0.05, 0) is 61.3 Å². The molecule has 1 heterocycles. The van der Waals surface area contributed by atoms with Gasteiger partial charge in [0.05, 0.1) is 0 Å². The molecule has 0 bridgehead atoms. The van der Waals surface area contributed by atoms with Gasteiger partial charge in [-0.1, -0.05) is 42.8 Å². The highest BCUT2D eigenvalue weighted by Crippen LogP contribution is 2.36. The SMILES string of the molecule is CC(C)(C)C1CCCN(c2cc(Br)ccc2CCN)CC1. The van der Waals surface area contributed by atoms with Crippen molar-refractivity contribution in [3.8, 4) is 0 Å². The van der Waals surface area contributed by atoms with E-state index in [4.69, 9.17) is 5.73 Å². The molecule has 0 radical (unpaired) electrons. The summed E-state index contributed by atoms with van der Waals surface area (Å²) in [6.07, 6.45) is 4.89. The lowest BCUT2D eigenvalue weighted by atomic mass is 9.77. The summed E-state index contributed by atoms with van der Waals surface area (Å²) in [5.74, 6) is 0.826. The van der Waals surface area contributed by atoms with Crippen molar-refractivity contribution in [2.45, 2.75) is 46.5 Å². The van der Waals surface area contributed by atoms with E-state index in [1.165, 1.54) is 37.1 Å². The average molecular weight is 353 g/mol. The molecule has 1 fully saturated rings. The summed E-state index contributed by atoms with van der Waals surface area (Å²) in [5, 5.41) is 0. The molecule has 1 aromatic rings. The zero-order valence-electron chi connectivity index (χ0n) is 13.7. The van der Waals surface area contributed by atoms with Gasteiger partial charge >= 0.3 is 0 Å². The van der Waals surface area contributed by atoms with E-state index in [0.29, 0.717) is 12.0 Å². The highest BCUT2D eigenvalue weighted by Gasteiger charge is 2.27. The zero-order chi connectivity index (χ0) is 15.5. The second-order valence-corrected chi connectivity index (χ2v) is 8.21.